The maximum Gasteiger partial charge on any atom is 0.0520 e. The summed E-state index contributed by atoms with van der Waals surface area (Å²) < 4.78 is 0. The van der Waals surface area contributed by atoms with Gasteiger partial charge in [0, 0.05) is 25.2 Å². The first kappa shape index (κ1) is 29.0. The molecule has 0 aliphatic carbocycles. The van der Waals surface area contributed by atoms with Crippen molar-refractivity contribution in [3.05, 3.63) is 76.9 Å². The highest BCUT2D eigenvalue weighted by Gasteiger charge is 2.25. The highest BCUT2D eigenvalue weighted by Crippen LogP contribution is 2.43. The Morgan fingerprint density at radius 1 is 0.432 bits per heavy atom. The number of anilines is 1. The van der Waals surface area contributed by atoms with Crippen molar-refractivity contribution in [2.45, 2.75) is 105 Å². The molecule has 200 valence electrons. The van der Waals surface area contributed by atoms with Crippen LogP contribution in [0.1, 0.15) is 105 Å². The molecule has 0 amide bonds. The molecule has 3 aromatic carbocycles. The first-order valence-corrected chi connectivity index (χ1v) is 13.8. The summed E-state index contributed by atoms with van der Waals surface area (Å²) in [5, 5.41) is 0. The third kappa shape index (κ3) is 6.49. The van der Waals surface area contributed by atoms with Crippen molar-refractivity contribution in [2.24, 2.45) is 0 Å². The van der Waals surface area contributed by atoms with Crippen molar-refractivity contribution in [2.75, 3.05) is 19.0 Å². The van der Waals surface area contributed by atoms with E-state index < -0.39 is 0 Å². The standard InChI is InChI=1S/C36H51N/c1-33(2,3)26-18-24(19-27(22-26)34(4,5)6)30-16-15-17-31(32(30)37(13)14)25-20-28(35(7,8)9)23-29(21-25)36(10,11)12/h15-23H,1-14H3. The molecular weight excluding hydrogens is 446 g/mol. The molecule has 0 saturated carbocycles. The van der Waals surface area contributed by atoms with Crippen molar-refractivity contribution >= 4 is 5.69 Å². The van der Waals surface area contributed by atoms with Crippen LogP contribution in [0.3, 0.4) is 0 Å². The molecule has 0 aliphatic rings. The quantitative estimate of drug-likeness (QED) is 0.348. The van der Waals surface area contributed by atoms with Gasteiger partial charge in [-0.05, 0) is 55.0 Å². The van der Waals surface area contributed by atoms with Gasteiger partial charge in [-0.25, -0.2) is 0 Å². The smallest absolute Gasteiger partial charge is 0.0520 e. The molecule has 0 unspecified atom stereocenters. The fourth-order valence-corrected chi connectivity index (χ4v) is 4.79. The predicted octanol–water partition coefficient (Wildman–Crippen LogP) is 10.3. The molecule has 0 fully saturated rings. The zero-order valence-electron chi connectivity index (χ0n) is 26.1. The van der Waals surface area contributed by atoms with E-state index in [1.807, 2.05) is 0 Å². The van der Waals surface area contributed by atoms with Crippen molar-refractivity contribution in [3.8, 4) is 22.3 Å². The van der Waals surface area contributed by atoms with Crippen LogP contribution in [0.2, 0.25) is 0 Å². The van der Waals surface area contributed by atoms with Gasteiger partial charge in [-0.2, -0.15) is 0 Å². The molecule has 1 nitrogen and oxygen atoms in total. The second-order valence-corrected chi connectivity index (χ2v) is 15.2. The lowest BCUT2D eigenvalue weighted by Gasteiger charge is -2.29. The maximum atomic E-state index is 2.41. The Morgan fingerprint density at radius 3 is 0.919 bits per heavy atom. The van der Waals surface area contributed by atoms with Crippen LogP contribution >= 0.6 is 0 Å². The third-order valence-electron chi connectivity index (χ3n) is 7.44. The number of benzene rings is 3. The van der Waals surface area contributed by atoms with Gasteiger partial charge in [0.25, 0.3) is 0 Å². The minimum absolute atomic E-state index is 0.0779. The molecular formula is C36H51N. The molecule has 0 aliphatic heterocycles. The Hall–Kier alpha value is -2.54. The molecule has 0 saturated heterocycles. The van der Waals surface area contributed by atoms with Crippen molar-refractivity contribution < 1.29 is 0 Å². The van der Waals surface area contributed by atoms with Gasteiger partial charge in [0.2, 0.25) is 0 Å². The summed E-state index contributed by atoms with van der Waals surface area (Å²) in [6.45, 7) is 27.8. The topological polar surface area (TPSA) is 3.24 Å². The van der Waals surface area contributed by atoms with Crippen LogP contribution in [-0.4, -0.2) is 14.1 Å². The molecule has 0 heterocycles. The van der Waals surface area contributed by atoms with E-state index in [4.69, 9.17) is 0 Å². The molecule has 1 heteroatoms. The number of rotatable bonds is 3. The highest BCUT2D eigenvalue weighted by molar-refractivity contribution is 5.91. The lowest BCUT2D eigenvalue weighted by atomic mass is 9.77. The summed E-state index contributed by atoms with van der Waals surface area (Å²) >= 11 is 0. The van der Waals surface area contributed by atoms with Crippen molar-refractivity contribution in [1.82, 2.24) is 0 Å². The fraction of sp³-hybridized carbons (Fsp3) is 0.500. The van der Waals surface area contributed by atoms with E-state index in [1.54, 1.807) is 0 Å². The second-order valence-electron chi connectivity index (χ2n) is 15.2. The monoisotopic (exact) mass is 497 g/mol. The molecule has 3 rings (SSSR count). The summed E-state index contributed by atoms with van der Waals surface area (Å²) in [6, 6.07) is 21.3. The van der Waals surface area contributed by atoms with E-state index in [2.05, 4.69) is 157 Å². The van der Waals surface area contributed by atoms with Crippen LogP contribution in [0, 0.1) is 0 Å². The van der Waals surface area contributed by atoms with Crippen LogP contribution in [0.15, 0.2) is 54.6 Å². The van der Waals surface area contributed by atoms with Gasteiger partial charge in [-0.1, -0.05) is 138 Å². The predicted molar refractivity (Wildman–Crippen MR) is 166 cm³/mol. The highest BCUT2D eigenvalue weighted by atomic mass is 15.1. The van der Waals surface area contributed by atoms with Gasteiger partial charge >= 0.3 is 0 Å². The van der Waals surface area contributed by atoms with Crippen molar-refractivity contribution in [1.29, 1.82) is 0 Å². The van der Waals surface area contributed by atoms with Crippen molar-refractivity contribution in [3.63, 3.8) is 0 Å². The number of hydrogen-bond donors (Lipinski definition) is 0. The Labute approximate surface area is 228 Å². The van der Waals surface area contributed by atoms with E-state index >= 15 is 0 Å². The Balaban J connectivity index is 2.39. The maximum absolute atomic E-state index is 2.41. The van der Waals surface area contributed by atoms with Gasteiger partial charge < -0.3 is 4.90 Å². The van der Waals surface area contributed by atoms with Gasteiger partial charge in [0.15, 0.2) is 0 Å². The first-order chi connectivity index (χ1) is 16.7. The second kappa shape index (κ2) is 9.64. The Bertz CT molecular complexity index is 1100. The molecule has 0 spiro atoms. The summed E-state index contributed by atoms with van der Waals surface area (Å²) in [5.41, 5.74) is 12.3. The minimum Gasteiger partial charge on any atom is -0.377 e. The summed E-state index contributed by atoms with van der Waals surface area (Å²) in [5.74, 6) is 0. The fourth-order valence-electron chi connectivity index (χ4n) is 4.79. The summed E-state index contributed by atoms with van der Waals surface area (Å²) in [4.78, 5) is 2.30. The SMILES string of the molecule is CN(C)c1c(-c2cc(C(C)(C)C)cc(C(C)(C)C)c2)cccc1-c1cc(C(C)(C)C)cc(C(C)(C)C)c1. The van der Waals surface area contributed by atoms with Crippen LogP contribution in [0.5, 0.6) is 0 Å². The van der Waals surface area contributed by atoms with Gasteiger partial charge in [-0.15, -0.1) is 0 Å². The van der Waals surface area contributed by atoms with Gasteiger partial charge in [0.05, 0.1) is 5.69 Å². The van der Waals surface area contributed by atoms with Crippen LogP contribution in [0.25, 0.3) is 22.3 Å². The van der Waals surface area contributed by atoms with E-state index in [0.29, 0.717) is 0 Å². The van der Waals surface area contributed by atoms with E-state index in [-0.39, 0.29) is 21.7 Å². The van der Waals surface area contributed by atoms with E-state index in [0.717, 1.165) is 0 Å². The molecule has 0 aromatic heterocycles. The Morgan fingerprint density at radius 2 is 0.703 bits per heavy atom. The number of nitrogens with zero attached hydrogens (tertiary/aromatic N) is 1. The largest absolute Gasteiger partial charge is 0.377 e. The van der Waals surface area contributed by atoms with Crippen LogP contribution in [0.4, 0.5) is 5.69 Å². The minimum atomic E-state index is 0.0779. The third-order valence-corrected chi connectivity index (χ3v) is 7.44. The van der Waals surface area contributed by atoms with E-state index in [1.165, 1.54) is 50.2 Å². The average Bonchev–Trinajstić information content (AvgIpc) is 2.75. The molecule has 0 atom stereocenters. The zero-order chi connectivity index (χ0) is 28.1. The van der Waals surface area contributed by atoms with Gasteiger partial charge in [-0.3, -0.25) is 0 Å². The summed E-state index contributed by atoms with van der Waals surface area (Å²) in [6.07, 6.45) is 0. The molecule has 0 bridgehead atoms. The van der Waals surface area contributed by atoms with Gasteiger partial charge in [0.1, 0.15) is 0 Å². The van der Waals surface area contributed by atoms with E-state index in [9.17, 15) is 0 Å². The number of hydrogen-bond acceptors (Lipinski definition) is 1. The lowest BCUT2D eigenvalue weighted by Crippen LogP contribution is -2.17. The Kier molecular flexibility index (Phi) is 7.57. The van der Waals surface area contributed by atoms with Crippen LogP contribution in [-0.2, 0) is 21.7 Å². The average molecular weight is 498 g/mol. The molecule has 3 aromatic rings. The first-order valence-electron chi connectivity index (χ1n) is 13.8. The normalized spacial score (nSPS) is 13.1. The summed E-state index contributed by atoms with van der Waals surface area (Å²) in [7, 11) is 4.36. The molecule has 0 radical (unpaired) electrons. The zero-order valence-corrected chi connectivity index (χ0v) is 26.1. The lowest BCUT2D eigenvalue weighted by molar-refractivity contribution is 0.568. The molecule has 37 heavy (non-hydrogen) atoms. The number of para-hydroxylation sites is 1. The van der Waals surface area contributed by atoms with Crippen LogP contribution < -0.4 is 4.90 Å². The molecule has 0 N–H and O–H groups in total.